The van der Waals surface area contributed by atoms with Crippen LogP contribution in [0.5, 0.6) is 5.75 Å². The maximum Gasteiger partial charge on any atom is 0.257 e. The van der Waals surface area contributed by atoms with Crippen LogP contribution in [-0.2, 0) is 6.54 Å². The Bertz CT molecular complexity index is 925. The Morgan fingerprint density at radius 3 is 2.74 bits per heavy atom. The number of benzene rings is 2. The van der Waals surface area contributed by atoms with Crippen molar-refractivity contribution in [2.75, 3.05) is 17.2 Å². The highest BCUT2D eigenvalue weighted by atomic mass is 16.5. The predicted octanol–water partition coefficient (Wildman–Crippen LogP) is 4.65. The van der Waals surface area contributed by atoms with Gasteiger partial charge in [0, 0.05) is 18.9 Å². The predicted molar refractivity (Wildman–Crippen MR) is 108 cm³/mol. The third-order valence-corrected chi connectivity index (χ3v) is 4.01. The molecule has 5 nitrogen and oxygen atoms in total. The van der Waals surface area contributed by atoms with E-state index in [2.05, 4.69) is 40.7 Å². The second-order valence-corrected chi connectivity index (χ2v) is 6.19. The van der Waals surface area contributed by atoms with Crippen LogP contribution in [0.4, 0.5) is 11.4 Å². The minimum atomic E-state index is -0.228. The van der Waals surface area contributed by atoms with Crippen LogP contribution < -0.4 is 15.4 Å². The Kier molecular flexibility index (Phi) is 6.05. The Balaban J connectivity index is 1.68. The number of aromatic nitrogens is 1. The van der Waals surface area contributed by atoms with Crippen LogP contribution in [0, 0.1) is 6.92 Å². The van der Waals surface area contributed by atoms with Gasteiger partial charge in [0.15, 0.2) is 0 Å². The fourth-order valence-corrected chi connectivity index (χ4v) is 2.73. The van der Waals surface area contributed by atoms with E-state index >= 15 is 0 Å². The van der Waals surface area contributed by atoms with Crippen molar-refractivity contribution in [3.8, 4) is 5.75 Å². The molecule has 1 amide bonds. The van der Waals surface area contributed by atoms with E-state index in [1.54, 1.807) is 18.5 Å². The lowest BCUT2D eigenvalue weighted by atomic mass is 10.1. The zero-order chi connectivity index (χ0) is 19.1. The van der Waals surface area contributed by atoms with E-state index < -0.39 is 0 Å². The first kappa shape index (κ1) is 18.5. The van der Waals surface area contributed by atoms with Crippen LogP contribution in [-0.4, -0.2) is 17.5 Å². The summed E-state index contributed by atoms with van der Waals surface area (Å²) in [5.74, 6) is 0.420. The van der Waals surface area contributed by atoms with Gasteiger partial charge in [0.1, 0.15) is 5.75 Å². The summed E-state index contributed by atoms with van der Waals surface area (Å²) < 4.78 is 5.55. The van der Waals surface area contributed by atoms with E-state index in [9.17, 15) is 4.79 Å². The van der Waals surface area contributed by atoms with E-state index in [0.29, 0.717) is 30.2 Å². The zero-order valence-electron chi connectivity index (χ0n) is 15.5. The SMILES string of the molecule is CCOc1ccccc1NC(=O)c1cncc(NCc2cccc(C)c2)c1. The van der Waals surface area contributed by atoms with Crippen LogP contribution in [0.1, 0.15) is 28.4 Å². The number of carbonyl (C=O) groups is 1. The molecule has 138 valence electrons. The van der Waals surface area contributed by atoms with E-state index in [1.165, 1.54) is 11.1 Å². The summed E-state index contributed by atoms with van der Waals surface area (Å²) in [5.41, 5.74) is 4.31. The zero-order valence-corrected chi connectivity index (χ0v) is 15.5. The second-order valence-electron chi connectivity index (χ2n) is 6.19. The lowest BCUT2D eigenvalue weighted by molar-refractivity contribution is 0.102. The van der Waals surface area contributed by atoms with Gasteiger partial charge in [-0.05, 0) is 37.6 Å². The van der Waals surface area contributed by atoms with Gasteiger partial charge in [0.25, 0.3) is 5.91 Å². The molecule has 0 aliphatic rings. The first-order valence-corrected chi connectivity index (χ1v) is 8.93. The topological polar surface area (TPSA) is 63.2 Å². The summed E-state index contributed by atoms with van der Waals surface area (Å²) >= 11 is 0. The highest BCUT2D eigenvalue weighted by Gasteiger charge is 2.10. The first-order chi connectivity index (χ1) is 13.2. The quantitative estimate of drug-likeness (QED) is 0.643. The molecule has 3 rings (SSSR count). The smallest absolute Gasteiger partial charge is 0.257 e. The number of hydrogen-bond acceptors (Lipinski definition) is 4. The Morgan fingerprint density at radius 1 is 1.07 bits per heavy atom. The average Bonchev–Trinajstić information content (AvgIpc) is 2.68. The van der Waals surface area contributed by atoms with Crippen molar-refractivity contribution in [3.05, 3.63) is 83.7 Å². The summed E-state index contributed by atoms with van der Waals surface area (Å²) in [4.78, 5) is 16.8. The molecule has 0 spiro atoms. The molecule has 1 aromatic heterocycles. The number of pyridine rings is 1. The standard InChI is InChI=1S/C22H23N3O2/c1-3-27-21-10-5-4-9-20(21)25-22(26)18-12-19(15-23-14-18)24-13-17-8-6-7-16(2)11-17/h4-12,14-15,24H,3,13H2,1-2H3,(H,25,26). The Morgan fingerprint density at radius 2 is 1.93 bits per heavy atom. The van der Waals surface area contributed by atoms with Gasteiger partial charge in [0.2, 0.25) is 0 Å². The van der Waals surface area contributed by atoms with E-state index in [-0.39, 0.29) is 5.91 Å². The summed E-state index contributed by atoms with van der Waals surface area (Å²) in [6, 6.07) is 17.5. The van der Waals surface area contributed by atoms with E-state index in [1.807, 2.05) is 37.3 Å². The first-order valence-electron chi connectivity index (χ1n) is 8.93. The number of hydrogen-bond donors (Lipinski definition) is 2. The molecule has 0 saturated heterocycles. The maximum absolute atomic E-state index is 12.6. The number of nitrogens with zero attached hydrogens (tertiary/aromatic N) is 1. The van der Waals surface area contributed by atoms with Crippen molar-refractivity contribution in [2.45, 2.75) is 20.4 Å². The molecule has 27 heavy (non-hydrogen) atoms. The van der Waals surface area contributed by atoms with Crippen molar-refractivity contribution in [3.63, 3.8) is 0 Å². The van der Waals surface area contributed by atoms with Crippen molar-refractivity contribution in [1.82, 2.24) is 4.98 Å². The lowest BCUT2D eigenvalue weighted by Crippen LogP contribution is -2.13. The molecule has 2 aromatic carbocycles. The van der Waals surface area contributed by atoms with Crippen LogP contribution >= 0.6 is 0 Å². The number of carbonyl (C=O) groups excluding carboxylic acids is 1. The Hall–Kier alpha value is -3.34. The highest BCUT2D eigenvalue weighted by molar-refractivity contribution is 6.05. The number of ether oxygens (including phenoxy) is 1. The molecule has 0 bridgehead atoms. The van der Waals surface area contributed by atoms with Crippen molar-refractivity contribution < 1.29 is 9.53 Å². The third kappa shape index (κ3) is 5.07. The lowest BCUT2D eigenvalue weighted by Gasteiger charge is -2.12. The number of nitrogens with one attached hydrogen (secondary N) is 2. The van der Waals surface area contributed by atoms with Gasteiger partial charge in [-0.2, -0.15) is 0 Å². The molecule has 3 aromatic rings. The number of amides is 1. The largest absolute Gasteiger partial charge is 0.492 e. The van der Waals surface area contributed by atoms with Gasteiger partial charge in [-0.15, -0.1) is 0 Å². The van der Waals surface area contributed by atoms with Gasteiger partial charge in [-0.3, -0.25) is 9.78 Å². The molecule has 0 aliphatic carbocycles. The van der Waals surface area contributed by atoms with Crippen molar-refractivity contribution in [2.24, 2.45) is 0 Å². The fourth-order valence-electron chi connectivity index (χ4n) is 2.73. The van der Waals surface area contributed by atoms with Crippen LogP contribution in [0.3, 0.4) is 0 Å². The number of aryl methyl sites for hydroxylation is 1. The Labute approximate surface area is 159 Å². The van der Waals surface area contributed by atoms with Gasteiger partial charge in [-0.25, -0.2) is 0 Å². The third-order valence-electron chi connectivity index (χ3n) is 4.01. The number of rotatable bonds is 7. The number of anilines is 2. The second kappa shape index (κ2) is 8.85. The van der Waals surface area contributed by atoms with Gasteiger partial charge < -0.3 is 15.4 Å². The molecule has 1 heterocycles. The molecule has 5 heteroatoms. The molecule has 2 N–H and O–H groups in total. The monoisotopic (exact) mass is 361 g/mol. The molecule has 0 unspecified atom stereocenters. The highest BCUT2D eigenvalue weighted by Crippen LogP contribution is 2.24. The minimum Gasteiger partial charge on any atom is -0.492 e. The van der Waals surface area contributed by atoms with Crippen molar-refractivity contribution >= 4 is 17.3 Å². The van der Waals surface area contributed by atoms with Crippen LogP contribution in [0.25, 0.3) is 0 Å². The van der Waals surface area contributed by atoms with Gasteiger partial charge >= 0.3 is 0 Å². The maximum atomic E-state index is 12.6. The molecule has 0 saturated carbocycles. The van der Waals surface area contributed by atoms with Gasteiger partial charge in [0.05, 0.1) is 23.5 Å². The molecule has 0 fully saturated rings. The summed E-state index contributed by atoms with van der Waals surface area (Å²) in [6.45, 7) is 5.18. The van der Waals surface area contributed by atoms with Crippen LogP contribution in [0.15, 0.2) is 67.0 Å². The van der Waals surface area contributed by atoms with Crippen molar-refractivity contribution in [1.29, 1.82) is 0 Å². The summed E-state index contributed by atoms with van der Waals surface area (Å²) in [5, 5.41) is 6.20. The summed E-state index contributed by atoms with van der Waals surface area (Å²) in [6.07, 6.45) is 3.26. The summed E-state index contributed by atoms with van der Waals surface area (Å²) in [7, 11) is 0. The number of para-hydroxylation sites is 2. The van der Waals surface area contributed by atoms with E-state index in [4.69, 9.17) is 4.74 Å². The molecule has 0 radical (unpaired) electrons. The normalized spacial score (nSPS) is 10.3. The molecular formula is C22H23N3O2. The van der Waals surface area contributed by atoms with Gasteiger partial charge in [-0.1, -0.05) is 42.0 Å². The molecular weight excluding hydrogens is 338 g/mol. The minimum absolute atomic E-state index is 0.228. The van der Waals surface area contributed by atoms with Crippen LogP contribution in [0.2, 0.25) is 0 Å². The average molecular weight is 361 g/mol. The molecule has 0 aliphatic heterocycles. The molecule has 0 atom stereocenters. The fraction of sp³-hybridized carbons (Fsp3) is 0.182. The van der Waals surface area contributed by atoms with E-state index in [0.717, 1.165) is 5.69 Å².